The third-order valence-electron chi connectivity index (χ3n) is 4.07. The van der Waals surface area contributed by atoms with Crippen LogP contribution in [-0.4, -0.2) is 48.3 Å². The second kappa shape index (κ2) is 8.18. The maximum atomic E-state index is 12.6. The first-order valence-corrected chi connectivity index (χ1v) is 9.06. The van der Waals surface area contributed by atoms with Crippen molar-refractivity contribution in [1.82, 2.24) is 4.90 Å². The summed E-state index contributed by atoms with van der Waals surface area (Å²) in [5.74, 6) is 0.0790. The monoisotopic (exact) mass is 398 g/mol. The van der Waals surface area contributed by atoms with Gasteiger partial charge in [-0.1, -0.05) is 0 Å². The van der Waals surface area contributed by atoms with E-state index < -0.39 is 5.97 Å². The van der Waals surface area contributed by atoms with Crippen LogP contribution in [0.2, 0.25) is 0 Å². The Morgan fingerprint density at radius 1 is 1.14 bits per heavy atom. The second-order valence-electron chi connectivity index (χ2n) is 5.83. The molecule has 0 radical (unpaired) electrons. The molecule has 1 fully saturated rings. The van der Waals surface area contributed by atoms with Crippen molar-refractivity contribution >= 4 is 40.6 Å². The number of nitrogens with zero attached hydrogens (tertiary/aromatic N) is 2. The van der Waals surface area contributed by atoms with Crippen LogP contribution in [0.4, 0.5) is 5.69 Å². The number of aliphatic imine (C=N–C) groups is 1. The molecule has 1 amide bonds. The Bertz CT molecular complexity index is 983. The zero-order chi connectivity index (χ0) is 20.3. The van der Waals surface area contributed by atoms with Gasteiger partial charge in [0.05, 0.1) is 30.4 Å². The van der Waals surface area contributed by atoms with Gasteiger partial charge in [-0.3, -0.25) is 9.69 Å². The third-order valence-corrected chi connectivity index (χ3v) is 5.13. The van der Waals surface area contributed by atoms with Crippen molar-refractivity contribution in [3.8, 4) is 11.5 Å². The lowest BCUT2D eigenvalue weighted by Gasteiger charge is -2.08. The Balaban J connectivity index is 1.89. The van der Waals surface area contributed by atoms with Gasteiger partial charge in [0.2, 0.25) is 0 Å². The molecule has 7 nitrogen and oxygen atoms in total. The van der Waals surface area contributed by atoms with Crippen molar-refractivity contribution < 1.29 is 24.2 Å². The van der Waals surface area contributed by atoms with Crippen LogP contribution in [-0.2, 0) is 4.79 Å². The number of hydrogen-bond acceptors (Lipinski definition) is 6. The predicted octanol–water partition coefficient (Wildman–Crippen LogP) is 3.64. The van der Waals surface area contributed by atoms with Crippen molar-refractivity contribution in [3.63, 3.8) is 0 Å². The molecule has 0 unspecified atom stereocenters. The van der Waals surface area contributed by atoms with Gasteiger partial charge in [-0.15, -0.1) is 0 Å². The molecular formula is C20H18N2O5S. The summed E-state index contributed by atoms with van der Waals surface area (Å²) in [5.41, 5.74) is 1.50. The Morgan fingerprint density at radius 2 is 1.86 bits per heavy atom. The number of carbonyl (C=O) groups is 2. The number of ether oxygens (including phenoxy) is 2. The molecule has 2 aromatic carbocycles. The van der Waals surface area contributed by atoms with E-state index in [1.54, 1.807) is 51.6 Å². The van der Waals surface area contributed by atoms with Gasteiger partial charge in [-0.25, -0.2) is 9.79 Å². The molecule has 144 valence electrons. The number of carboxylic acids is 1. The molecule has 1 saturated heterocycles. The minimum absolute atomic E-state index is 0.177. The average molecular weight is 398 g/mol. The van der Waals surface area contributed by atoms with Gasteiger partial charge in [0.1, 0.15) is 11.5 Å². The highest BCUT2D eigenvalue weighted by atomic mass is 32.2. The number of rotatable bonds is 5. The topological polar surface area (TPSA) is 88.4 Å². The third kappa shape index (κ3) is 4.01. The summed E-state index contributed by atoms with van der Waals surface area (Å²) < 4.78 is 10.6. The zero-order valence-corrected chi connectivity index (χ0v) is 16.3. The van der Waals surface area contributed by atoms with E-state index in [0.29, 0.717) is 27.3 Å². The van der Waals surface area contributed by atoms with Crippen LogP contribution in [0.25, 0.3) is 6.08 Å². The van der Waals surface area contributed by atoms with Crippen LogP contribution in [0.3, 0.4) is 0 Å². The van der Waals surface area contributed by atoms with E-state index in [1.807, 2.05) is 6.07 Å². The number of benzene rings is 2. The first-order chi connectivity index (χ1) is 13.4. The van der Waals surface area contributed by atoms with Gasteiger partial charge < -0.3 is 14.6 Å². The Hall–Kier alpha value is -3.26. The SMILES string of the molecule is COc1ccc(C=C2SC(=Nc3ccc(C(=O)O)cc3)N(C)C2=O)c(OC)c1. The van der Waals surface area contributed by atoms with Crippen LogP contribution < -0.4 is 9.47 Å². The molecule has 2 aromatic rings. The number of methoxy groups -OCH3 is 2. The number of carboxylic acid groups (broad SMARTS) is 1. The zero-order valence-electron chi connectivity index (χ0n) is 15.5. The lowest BCUT2D eigenvalue weighted by atomic mass is 10.1. The van der Waals surface area contributed by atoms with Gasteiger partial charge in [0.15, 0.2) is 5.17 Å². The van der Waals surface area contributed by atoms with E-state index in [9.17, 15) is 9.59 Å². The van der Waals surface area contributed by atoms with Crippen LogP contribution >= 0.6 is 11.8 Å². The fourth-order valence-electron chi connectivity index (χ4n) is 2.52. The van der Waals surface area contributed by atoms with E-state index in [4.69, 9.17) is 14.6 Å². The number of carbonyl (C=O) groups excluding carboxylic acids is 1. The molecule has 28 heavy (non-hydrogen) atoms. The fraction of sp³-hybridized carbons (Fsp3) is 0.150. The Morgan fingerprint density at radius 3 is 2.46 bits per heavy atom. The molecule has 1 N–H and O–H groups in total. The summed E-state index contributed by atoms with van der Waals surface area (Å²) in [6.07, 6.45) is 1.75. The molecule has 0 saturated carbocycles. The highest BCUT2D eigenvalue weighted by Crippen LogP contribution is 2.35. The molecule has 0 atom stereocenters. The van der Waals surface area contributed by atoms with Crippen molar-refractivity contribution in [3.05, 3.63) is 58.5 Å². The summed E-state index contributed by atoms with van der Waals surface area (Å²) in [5, 5.41) is 9.48. The fourth-order valence-corrected chi connectivity index (χ4v) is 3.50. The van der Waals surface area contributed by atoms with Crippen LogP contribution in [0.1, 0.15) is 15.9 Å². The number of amidine groups is 1. The molecule has 8 heteroatoms. The number of thioether (sulfide) groups is 1. The van der Waals surface area contributed by atoms with Gasteiger partial charge in [-0.2, -0.15) is 0 Å². The summed E-state index contributed by atoms with van der Waals surface area (Å²) in [6.45, 7) is 0. The minimum Gasteiger partial charge on any atom is -0.497 e. The van der Waals surface area contributed by atoms with Crippen LogP contribution in [0.5, 0.6) is 11.5 Å². The first kappa shape index (κ1) is 19.5. The lowest BCUT2D eigenvalue weighted by molar-refractivity contribution is -0.121. The normalized spacial score (nSPS) is 16.7. The number of likely N-dealkylation sites (N-methyl/N-ethyl adjacent to an activating group) is 1. The quantitative estimate of drug-likeness (QED) is 0.774. The highest BCUT2D eigenvalue weighted by Gasteiger charge is 2.30. The standard InChI is InChI=1S/C20H18N2O5S/c1-22-18(23)17(10-13-6-9-15(26-2)11-16(13)27-3)28-20(22)21-14-7-4-12(5-8-14)19(24)25/h4-11H,1-3H3,(H,24,25). The largest absolute Gasteiger partial charge is 0.497 e. The summed E-state index contributed by atoms with van der Waals surface area (Å²) in [4.78, 5) is 29.9. The van der Waals surface area contributed by atoms with Gasteiger partial charge in [-0.05, 0) is 54.2 Å². The van der Waals surface area contributed by atoms with E-state index in [1.165, 1.54) is 28.8 Å². The second-order valence-corrected chi connectivity index (χ2v) is 6.84. The van der Waals surface area contributed by atoms with E-state index in [0.717, 1.165) is 5.56 Å². The predicted molar refractivity (Wildman–Crippen MR) is 108 cm³/mol. The molecule has 1 aliphatic heterocycles. The summed E-state index contributed by atoms with van der Waals surface area (Å²) >= 11 is 1.24. The molecule has 3 rings (SSSR count). The van der Waals surface area contributed by atoms with Crippen LogP contribution in [0, 0.1) is 0 Å². The smallest absolute Gasteiger partial charge is 0.335 e. The molecule has 0 spiro atoms. The molecule has 1 heterocycles. The Kier molecular flexibility index (Phi) is 5.70. The number of amides is 1. The van der Waals surface area contributed by atoms with Crippen molar-refractivity contribution in [2.24, 2.45) is 4.99 Å². The van der Waals surface area contributed by atoms with Crippen molar-refractivity contribution in [2.75, 3.05) is 21.3 Å². The molecule has 0 aromatic heterocycles. The summed E-state index contributed by atoms with van der Waals surface area (Å²) in [6, 6.07) is 11.5. The lowest BCUT2D eigenvalue weighted by Crippen LogP contribution is -2.23. The maximum absolute atomic E-state index is 12.6. The molecule has 1 aliphatic rings. The van der Waals surface area contributed by atoms with E-state index >= 15 is 0 Å². The summed E-state index contributed by atoms with van der Waals surface area (Å²) in [7, 11) is 4.77. The number of hydrogen-bond donors (Lipinski definition) is 1. The first-order valence-electron chi connectivity index (χ1n) is 8.24. The molecular weight excluding hydrogens is 380 g/mol. The average Bonchev–Trinajstić information content (AvgIpc) is 2.96. The highest BCUT2D eigenvalue weighted by molar-refractivity contribution is 8.18. The van der Waals surface area contributed by atoms with Gasteiger partial charge in [0, 0.05) is 18.7 Å². The number of aromatic carboxylic acids is 1. The molecule has 0 aliphatic carbocycles. The Labute approximate surface area is 166 Å². The van der Waals surface area contributed by atoms with E-state index in [2.05, 4.69) is 4.99 Å². The van der Waals surface area contributed by atoms with Crippen LogP contribution in [0.15, 0.2) is 52.4 Å². The van der Waals surface area contributed by atoms with Crippen molar-refractivity contribution in [1.29, 1.82) is 0 Å². The van der Waals surface area contributed by atoms with E-state index in [-0.39, 0.29) is 11.5 Å². The minimum atomic E-state index is -1.000. The molecule has 0 bridgehead atoms. The van der Waals surface area contributed by atoms with Gasteiger partial charge >= 0.3 is 5.97 Å². The maximum Gasteiger partial charge on any atom is 0.335 e. The van der Waals surface area contributed by atoms with Crippen molar-refractivity contribution in [2.45, 2.75) is 0 Å². The van der Waals surface area contributed by atoms with Gasteiger partial charge in [0.25, 0.3) is 5.91 Å².